The molecular weight excluding hydrogens is 991 g/mol. The molecule has 4 amide bonds. The number of azo groups is 2. The molecule has 30 nitrogen and oxygen atoms in total. The number of guanidine groups is 1. The first-order valence-corrected chi connectivity index (χ1v) is 23.8. The number of benzene rings is 4. The highest BCUT2D eigenvalue weighted by Gasteiger charge is 2.29. The third-order valence-electron chi connectivity index (χ3n) is 8.69. The van der Waals surface area contributed by atoms with E-state index in [0.29, 0.717) is 23.5 Å². The van der Waals surface area contributed by atoms with Crippen molar-refractivity contribution in [1.82, 2.24) is 20.6 Å². The van der Waals surface area contributed by atoms with Crippen molar-refractivity contribution in [2.24, 2.45) is 25.4 Å². The number of aromatic amines is 1. The Hall–Kier alpha value is -7.83. The first-order chi connectivity index (χ1) is 31.5. The first-order valence-electron chi connectivity index (χ1n) is 18.1. The molecule has 4 aromatic carbocycles. The summed E-state index contributed by atoms with van der Waals surface area (Å²) in [5.41, 5.74) is 0.741. The Morgan fingerprint density at radius 3 is 1.65 bits per heavy atom. The van der Waals surface area contributed by atoms with Crippen molar-refractivity contribution in [3.05, 3.63) is 82.4 Å². The van der Waals surface area contributed by atoms with E-state index >= 15 is 0 Å². The molecule has 1 aliphatic heterocycles. The van der Waals surface area contributed by atoms with Crippen LogP contribution in [0, 0.1) is 6.92 Å². The zero-order valence-corrected chi connectivity index (χ0v) is 37.2. The zero-order valence-electron chi connectivity index (χ0n) is 33.9. The molecule has 34 heteroatoms. The molecule has 1 aliphatic rings. The number of H-pyrrole nitrogens is 1. The monoisotopic (exact) mass is 1020 g/mol. The van der Waals surface area contributed by atoms with E-state index in [9.17, 15) is 76.5 Å². The second-order valence-electron chi connectivity index (χ2n) is 13.7. The zero-order chi connectivity index (χ0) is 50.3. The van der Waals surface area contributed by atoms with Crippen molar-refractivity contribution in [1.29, 1.82) is 0 Å². The number of hydrogen-bond donors (Lipinski definition) is 13. The maximum absolute atomic E-state index is 12.7. The fourth-order valence-electron chi connectivity index (χ4n) is 5.99. The Balaban J connectivity index is 1.45. The van der Waals surface area contributed by atoms with Crippen LogP contribution in [0.2, 0.25) is 0 Å². The van der Waals surface area contributed by atoms with Crippen molar-refractivity contribution >= 4 is 115 Å². The van der Waals surface area contributed by atoms with Crippen LogP contribution >= 0.6 is 0 Å². The van der Waals surface area contributed by atoms with E-state index in [0.717, 1.165) is 42.5 Å². The fourth-order valence-corrected chi connectivity index (χ4v) is 8.53. The van der Waals surface area contributed by atoms with Gasteiger partial charge in [0.05, 0.1) is 11.1 Å². The van der Waals surface area contributed by atoms with Crippen LogP contribution in [0.1, 0.15) is 12.6 Å². The highest BCUT2D eigenvalue weighted by molar-refractivity contribution is 7.86. The summed E-state index contributed by atoms with van der Waals surface area (Å²) in [5.74, 6) is -1.86. The fraction of sp³-hybridized carbons (Fsp3) is 0.0882. The highest BCUT2D eigenvalue weighted by Crippen LogP contribution is 2.49. The van der Waals surface area contributed by atoms with Crippen molar-refractivity contribution in [3.63, 3.8) is 0 Å². The number of nitrogens with two attached hydrogens (primary N) is 1. The number of nitrogen functional groups attached to an aromatic ring is 1. The van der Waals surface area contributed by atoms with Crippen LogP contribution in [0.4, 0.5) is 55.3 Å². The van der Waals surface area contributed by atoms with E-state index in [1.54, 1.807) is 6.92 Å². The number of fused-ring (bicyclic) bond motifs is 1. The molecule has 0 aliphatic carbocycles. The number of aliphatic hydroxyl groups excluding tert-OH is 1. The van der Waals surface area contributed by atoms with Gasteiger partial charge in [-0.25, -0.2) is 14.6 Å². The second kappa shape index (κ2) is 18.5. The number of nitrogens with one attached hydrogen (secondary N) is 6. The predicted octanol–water partition coefficient (Wildman–Crippen LogP) is 3.28. The van der Waals surface area contributed by atoms with Gasteiger partial charge in [0.1, 0.15) is 42.3 Å². The smallest absolute Gasteiger partial charge is 0.326 e. The van der Waals surface area contributed by atoms with Gasteiger partial charge in [0.15, 0.2) is 12.0 Å². The number of phenols is 1. The van der Waals surface area contributed by atoms with Gasteiger partial charge in [-0.05, 0) is 73.8 Å². The average Bonchev–Trinajstić information content (AvgIpc) is 3.17. The number of nitrogens with zero attached hydrogens (tertiary/aromatic N) is 6. The summed E-state index contributed by atoms with van der Waals surface area (Å²) >= 11 is 0. The molecule has 0 fully saturated rings. The lowest BCUT2D eigenvalue weighted by atomic mass is 10.1. The van der Waals surface area contributed by atoms with E-state index in [2.05, 4.69) is 62.0 Å². The lowest BCUT2D eigenvalue weighted by Crippen LogP contribution is -2.44. The summed E-state index contributed by atoms with van der Waals surface area (Å²) in [7, 11) is -21.4. The Morgan fingerprint density at radius 1 is 0.676 bits per heavy atom. The maximum atomic E-state index is 12.7. The van der Waals surface area contributed by atoms with Crippen LogP contribution < -0.4 is 37.9 Å². The first kappa shape index (κ1) is 49.6. The number of aliphatic imine (C=N–C) groups is 1. The molecule has 0 spiro atoms. The number of rotatable bonds is 11. The van der Waals surface area contributed by atoms with Crippen LogP contribution in [-0.4, -0.2) is 96.3 Å². The van der Waals surface area contributed by atoms with Gasteiger partial charge < -0.3 is 36.9 Å². The number of aromatic nitrogens is 2. The lowest BCUT2D eigenvalue weighted by molar-refractivity contribution is 0.229. The van der Waals surface area contributed by atoms with Gasteiger partial charge in [0, 0.05) is 28.8 Å². The minimum atomic E-state index is -5.52. The average molecular weight is 1020 g/mol. The summed E-state index contributed by atoms with van der Waals surface area (Å²) < 4.78 is 140. The molecule has 5 aromatic rings. The van der Waals surface area contributed by atoms with Crippen molar-refractivity contribution in [2.45, 2.75) is 39.7 Å². The molecule has 14 N–H and O–H groups in total. The third-order valence-corrected chi connectivity index (χ3v) is 12.2. The van der Waals surface area contributed by atoms with Crippen molar-refractivity contribution < 1.29 is 71.7 Å². The Kier molecular flexibility index (Phi) is 13.5. The summed E-state index contributed by atoms with van der Waals surface area (Å²) in [4.78, 5) is 42.4. The summed E-state index contributed by atoms with van der Waals surface area (Å²) in [5, 5.41) is 46.0. The number of carbonyl (C=O) groups excluding carboxylic acids is 2. The van der Waals surface area contributed by atoms with Gasteiger partial charge in [-0.1, -0.05) is 0 Å². The Morgan fingerprint density at radius 2 is 1.16 bits per heavy atom. The molecule has 0 saturated carbocycles. The van der Waals surface area contributed by atoms with Crippen LogP contribution in [-0.2, 0) is 40.5 Å². The van der Waals surface area contributed by atoms with Crippen LogP contribution in [0.5, 0.6) is 5.75 Å². The molecule has 0 radical (unpaired) electrons. The Labute approximate surface area is 380 Å². The number of aliphatic hydroxyl groups is 1. The number of allylic oxidation sites excluding steroid dienone is 1. The molecule has 0 saturated heterocycles. The number of hydrogen-bond acceptors (Lipinski definition) is 21. The van der Waals surface area contributed by atoms with Crippen molar-refractivity contribution in [3.8, 4) is 5.75 Å². The molecule has 1 unspecified atom stereocenters. The number of anilines is 4. The Bertz CT molecular complexity index is 3640. The van der Waals surface area contributed by atoms with Crippen LogP contribution in [0.25, 0.3) is 10.8 Å². The third kappa shape index (κ3) is 11.6. The van der Waals surface area contributed by atoms with Gasteiger partial charge in [0.2, 0.25) is 11.9 Å². The topological polar surface area (TPSA) is 486 Å². The largest absolute Gasteiger partial charge is 0.505 e. The number of amides is 4. The summed E-state index contributed by atoms with van der Waals surface area (Å²) in [6, 6.07) is 4.97. The van der Waals surface area contributed by atoms with Gasteiger partial charge in [-0.2, -0.15) is 38.7 Å². The van der Waals surface area contributed by atoms with Crippen molar-refractivity contribution in [2.75, 3.05) is 21.7 Å². The maximum Gasteiger partial charge on any atom is 0.326 e. The van der Waals surface area contributed by atoms with Gasteiger partial charge in [-0.3, -0.25) is 33.6 Å². The molecule has 1 aromatic heterocycles. The van der Waals surface area contributed by atoms with Crippen LogP contribution in [0.3, 0.4) is 0 Å². The number of aryl methyl sites for hydroxylation is 1. The minimum Gasteiger partial charge on any atom is -0.505 e. The SMILES string of the molecule is CC1=CC(O)N=C(NC(=O)Nc2ccc(S(=O)(=O)O)c(N=Nc3c(S(=O)(=O)O)cc4cc(S(=O)(=O)O)c(N=Nc5cc(NC(=O)Nc6nc(=O)cc(C)[nH]6)ccc5S(=O)(=O)O)c(N)c4c3O)c2)N1. The van der Waals surface area contributed by atoms with Gasteiger partial charge >= 0.3 is 12.1 Å². The van der Waals surface area contributed by atoms with Gasteiger partial charge in [0.25, 0.3) is 46.0 Å². The molecule has 358 valence electrons. The van der Waals surface area contributed by atoms with E-state index in [-0.39, 0.29) is 23.3 Å². The molecule has 68 heavy (non-hydrogen) atoms. The van der Waals surface area contributed by atoms with E-state index in [1.165, 1.54) is 13.0 Å². The van der Waals surface area contributed by atoms with E-state index < -0.39 is 129 Å². The summed E-state index contributed by atoms with van der Waals surface area (Å²) in [6.45, 7) is 3.04. The second-order valence-corrected chi connectivity index (χ2v) is 19.3. The number of phenolic OH excluding ortho intramolecular Hbond substituents is 1. The molecular formula is C34H31N13O17S4. The standard InChI is InChI=1S/C34H31N13O17S4/c1-13-7-24(48)40-31(36-13)42-33(51)38-16-3-5-20(65(53,54)55)18(11-16)44-46-28-22(67(59,60)61)9-15-10-23(68(62,63)64)29(30(50)26(15)27(28)35)47-45-19-12-17(4-6-21(19)66(56,57)58)39-34(52)43-32-37-14(2)8-25(49)41-32/h3-12,25,49-50H,35H2,1-2H3,(H,53,54,55)(H,56,57,58)(H,59,60,61)(H,62,63,64)(H3,37,39,41,43,52)(H3,36,38,40,42,48,51). The summed E-state index contributed by atoms with van der Waals surface area (Å²) in [6.07, 6.45) is 0.0109. The number of urea groups is 2. The predicted molar refractivity (Wildman–Crippen MR) is 235 cm³/mol. The van der Waals surface area contributed by atoms with Crippen LogP contribution in [0.15, 0.2) is 116 Å². The lowest BCUT2D eigenvalue weighted by Gasteiger charge is -2.18. The molecule has 1 atom stereocenters. The van der Waals surface area contributed by atoms with E-state index in [1.807, 2.05) is 0 Å². The number of aromatic hydroxyl groups is 1. The minimum absolute atomic E-state index is 0.203. The molecule has 2 heterocycles. The quantitative estimate of drug-likeness (QED) is 0.0513. The molecule has 6 rings (SSSR count). The van der Waals surface area contributed by atoms with E-state index in [4.69, 9.17) is 5.73 Å². The normalized spacial score (nSPS) is 14.6. The molecule has 0 bridgehead atoms. The highest BCUT2D eigenvalue weighted by atomic mass is 32.2. The van der Waals surface area contributed by atoms with Gasteiger partial charge in [-0.15, -0.1) is 20.5 Å². The number of carbonyl (C=O) groups is 2.